The van der Waals surface area contributed by atoms with E-state index in [1.165, 1.54) is 6.08 Å². The predicted molar refractivity (Wildman–Crippen MR) is 69.6 cm³/mol. The van der Waals surface area contributed by atoms with Gasteiger partial charge in [-0.05, 0) is 18.1 Å². The van der Waals surface area contributed by atoms with Gasteiger partial charge in [-0.1, -0.05) is 56.2 Å². The molecular formula is C15H18O2. The first kappa shape index (κ1) is 13.4. The molecule has 0 saturated heterocycles. The van der Waals surface area contributed by atoms with Crippen LogP contribution in [0.15, 0.2) is 36.4 Å². The third-order valence-electron chi connectivity index (χ3n) is 2.51. The lowest BCUT2D eigenvalue weighted by atomic mass is 10.1. The van der Waals surface area contributed by atoms with Crippen LogP contribution in [0.2, 0.25) is 0 Å². The molecule has 2 heteroatoms. The summed E-state index contributed by atoms with van der Waals surface area (Å²) in [6.07, 6.45) is 6.28. The van der Waals surface area contributed by atoms with E-state index in [-0.39, 0.29) is 5.78 Å². The Balaban J connectivity index is 2.43. The standard InChI is InChI=1S/C15H18O2/c1-2-3-5-10-14(16)15(17)12-11-13-8-6-4-7-9-13/h4,6-9,11-12H,2-3,5,10H2,1H3/b12-11+. The second kappa shape index (κ2) is 7.55. The maximum Gasteiger partial charge on any atom is 0.221 e. The van der Waals surface area contributed by atoms with Crippen molar-refractivity contribution in [1.29, 1.82) is 0 Å². The molecule has 0 radical (unpaired) electrons. The summed E-state index contributed by atoms with van der Waals surface area (Å²) in [5.74, 6) is -0.685. The van der Waals surface area contributed by atoms with Crippen molar-refractivity contribution >= 4 is 17.6 Å². The maximum absolute atomic E-state index is 11.5. The summed E-state index contributed by atoms with van der Waals surface area (Å²) in [7, 11) is 0. The summed E-state index contributed by atoms with van der Waals surface area (Å²) in [6, 6.07) is 9.49. The molecule has 0 N–H and O–H groups in total. The van der Waals surface area contributed by atoms with Crippen LogP contribution in [0.4, 0.5) is 0 Å². The minimum absolute atomic E-state index is 0.286. The number of unbranched alkanes of at least 4 members (excludes halogenated alkanes) is 2. The van der Waals surface area contributed by atoms with E-state index in [9.17, 15) is 9.59 Å². The third-order valence-corrected chi connectivity index (χ3v) is 2.51. The molecule has 0 aliphatic heterocycles. The van der Waals surface area contributed by atoms with Gasteiger partial charge in [-0.15, -0.1) is 0 Å². The number of Topliss-reactive ketones (excluding diaryl/α,β-unsaturated/α-hetero) is 1. The SMILES string of the molecule is CCCCCC(=O)C(=O)/C=C/c1ccccc1. The molecule has 0 aliphatic rings. The van der Waals surface area contributed by atoms with Crippen molar-refractivity contribution in [3.05, 3.63) is 42.0 Å². The first-order chi connectivity index (χ1) is 8.24. The highest BCUT2D eigenvalue weighted by Gasteiger charge is 2.08. The average molecular weight is 230 g/mol. The molecule has 0 amide bonds. The minimum Gasteiger partial charge on any atom is -0.291 e. The molecule has 2 nitrogen and oxygen atoms in total. The Bertz CT molecular complexity index is 391. The number of hydrogen-bond donors (Lipinski definition) is 0. The summed E-state index contributed by atoms with van der Waals surface area (Å²) >= 11 is 0. The zero-order chi connectivity index (χ0) is 12.5. The van der Waals surface area contributed by atoms with Gasteiger partial charge in [-0.2, -0.15) is 0 Å². The van der Waals surface area contributed by atoms with Crippen molar-refractivity contribution in [2.75, 3.05) is 0 Å². The van der Waals surface area contributed by atoms with Gasteiger partial charge in [0.25, 0.3) is 0 Å². The Morgan fingerprint density at radius 3 is 2.47 bits per heavy atom. The van der Waals surface area contributed by atoms with Crippen LogP contribution < -0.4 is 0 Å². The molecule has 0 saturated carbocycles. The Kier molecular flexibility index (Phi) is 5.94. The Morgan fingerprint density at radius 2 is 1.82 bits per heavy atom. The van der Waals surface area contributed by atoms with Crippen LogP contribution in [0.5, 0.6) is 0 Å². The summed E-state index contributed by atoms with van der Waals surface area (Å²) in [5, 5.41) is 0. The number of carbonyl (C=O) groups excluding carboxylic acids is 2. The van der Waals surface area contributed by atoms with E-state index in [0.717, 1.165) is 24.8 Å². The molecule has 0 fully saturated rings. The normalized spacial score (nSPS) is 10.6. The molecule has 0 heterocycles. The van der Waals surface area contributed by atoms with Gasteiger partial charge in [0, 0.05) is 6.42 Å². The van der Waals surface area contributed by atoms with Gasteiger partial charge in [0.15, 0.2) is 0 Å². The quantitative estimate of drug-likeness (QED) is 0.408. The molecular weight excluding hydrogens is 212 g/mol. The van der Waals surface area contributed by atoms with E-state index in [1.807, 2.05) is 30.3 Å². The third kappa shape index (κ3) is 5.25. The van der Waals surface area contributed by atoms with Crippen LogP contribution in [0.25, 0.3) is 6.08 Å². The summed E-state index contributed by atoms with van der Waals surface area (Å²) < 4.78 is 0. The van der Waals surface area contributed by atoms with E-state index in [4.69, 9.17) is 0 Å². The lowest BCUT2D eigenvalue weighted by Crippen LogP contribution is -2.10. The fourth-order valence-electron chi connectivity index (χ4n) is 1.49. The molecule has 0 atom stereocenters. The zero-order valence-electron chi connectivity index (χ0n) is 10.2. The average Bonchev–Trinajstić information content (AvgIpc) is 2.37. The molecule has 1 aromatic carbocycles. The molecule has 90 valence electrons. The molecule has 0 aliphatic carbocycles. The predicted octanol–water partition coefficient (Wildman–Crippen LogP) is 3.42. The highest BCUT2D eigenvalue weighted by atomic mass is 16.2. The lowest BCUT2D eigenvalue weighted by molar-refractivity contribution is -0.133. The minimum atomic E-state index is -0.398. The van der Waals surface area contributed by atoms with Gasteiger partial charge in [-0.3, -0.25) is 9.59 Å². The second-order valence-electron chi connectivity index (χ2n) is 3.99. The topological polar surface area (TPSA) is 34.1 Å². The lowest BCUT2D eigenvalue weighted by Gasteiger charge is -1.95. The number of allylic oxidation sites excluding steroid dienone is 1. The van der Waals surface area contributed by atoms with Crippen molar-refractivity contribution in [2.24, 2.45) is 0 Å². The van der Waals surface area contributed by atoms with Gasteiger partial charge >= 0.3 is 0 Å². The van der Waals surface area contributed by atoms with E-state index in [1.54, 1.807) is 6.08 Å². The van der Waals surface area contributed by atoms with Crippen LogP contribution in [-0.2, 0) is 9.59 Å². The number of rotatable bonds is 7. The Labute approximate surface area is 102 Å². The molecule has 0 spiro atoms. The highest BCUT2D eigenvalue weighted by Crippen LogP contribution is 2.03. The van der Waals surface area contributed by atoms with Crippen molar-refractivity contribution in [3.8, 4) is 0 Å². The molecule has 0 unspecified atom stereocenters. The number of carbonyl (C=O) groups is 2. The summed E-state index contributed by atoms with van der Waals surface area (Å²) in [4.78, 5) is 22.9. The van der Waals surface area contributed by atoms with Crippen molar-refractivity contribution in [2.45, 2.75) is 32.6 Å². The van der Waals surface area contributed by atoms with Gasteiger partial charge in [0.2, 0.25) is 11.6 Å². The molecule has 1 rings (SSSR count). The molecule has 1 aromatic rings. The van der Waals surface area contributed by atoms with Crippen LogP contribution >= 0.6 is 0 Å². The second-order valence-corrected chi connectivity index (χ2v) is 3.99. The molecule has 0 bridgehead atoms. The largest absolute Gasteiger partial charge is 0.291 e. The summed E-state index contributed by atoms with van der Waals surface area (Å²) in [6.45, 7) is 2.07. The fourth-order valence-corrected chi connectivity index (χ4v) is 1.49. The van der Waals surface area contributed by atoms with Crippen LogP contribution in [-0.4, -0.2) is 11.6 Å². The molecule has 0 aromatic heterocycles. The maximum atomic E-state index is 11.5. The highest BCUT2D eigenvalue weighted by molar-refractivity contribution is 6.42. The van der Waals surface area contributed by atoms with Gasteiger partial charge < -0.3 is 0 Å². The first-order valence-corrected chi connectivity index (χ1v) is 6.04. The van der Waals surface area contributed by atoms with E-state index < -0.39 is 5.78 Å². The molecule has 17 heavy (non-hydrogen) atoms. The van der Waals surface area contributed by atoms with Crippen LogP contribution in [0.3, 0.4) is 0 Å². The van der Waals surface area contributed by atoms with Crippen LogP contribution in [0, 0.1) is 0 Å². The van der Waals surface area contributed by atoms with Crippen molar-refractivity contribution < 1.29 is 9.59 Å². The fraction of sp³-hybridized carbons (Fsp3) is 0.333. The van der Waals surface area contributed by atoms with E-state index >= 15 is 0 Å². The number of ketones is 2. The zero-order valence-corrected chi connectivity index (χ0v) is 10.2. The number of benzene rings is 1. The van der Waals surface area contributed by atoms with Crippen molar-refractivity contribution in [1.82, 2.24) is 0 Å². The number of hydrogen-bond acceptors (Lipinski definition) is 2. The van der Waals surface area contributed by atoms with E-state index in [0.29, 0.717) is 6.42 Å². The van der Waals surface area contributed by atoms with Crippen LogP contribution in [0.1, 0.15) is 38.2 Å². The first-order valence-electron chi connectivity index (χ1n) is 6.04. The van der Waals surface area contributed by atoms with Gasteiger partial charge in [0.05, 0.1) is 0 Å². The van der Waals surface area contributed by atoms with Gasteiger partial charge in [-0.25, -0.2) is 0 Å². The summed E-state index contributed by atoms with van der Waals surface area (Å²) in [5.41, 5.74) is 0.933. The Hall–Kier alpha value is -1.70. The Morgan fingerprint density at radius 1 is 1.12 bits per heavy atom. The van der Waals surface area contributed by atoms with Gasteiger partial charge in [0.1, 0.15) is 0 Å². The monoisotopic (exact) mass is 230 g/mol. The van der Waals surface area contributed by atoms with E-state index in [2.05, 4.69) is 6.92 Å². The smallest absolute Gasteiger partial charge is 0.221 e. The van der Waals surface area contributed by atoms with Crippen molar-refractivity contribution in [3.63, 3.8) is 0 Å².